The molecule has 0 radical (unpaired) electrons. The van der Waals surface area contributed by atoms with Crippen molar-refractivity contribution in [3.05, 3.63) is 58.8 Å². The zero-order chi connectivity index (χ0) is 23.2. The highest BCUT2D eigenvalue weighted by Crippen LogP contribution is 2.45. The fourth-order valence-electron chi connectivity index (χ4n) is 4.71. The molecule has 5 rings (SSSR count). The van der Waals surface area contributed by atoms with Gasteiger partial charge in [-0.2, -0.15) is 0 Å². The zero-order valence-electron chi connectivity index (χ0n) is 18.1. The SMILES string of the molecule is C=Cc1ncc(O[C@H]2CN3c4cc(-c5cccc(Cl)c5O)nnc4NC[C@]3(CC)C2)cc1Cl. The first-order valence-electron chi connectivity index (χ1n) is 10.8. The molecule has 2 aliphatic heterocycles. The summed E-state index contributed by atoms with van der Waals surface area (Å²) in [6, 6.07) is 8.92. The molecule has 33 heavy (non-hydrogen) atoms. The van der Waals surface area contributed by atoms with E-state index in [9.17, 15) is 5.11 Å². The number of aromatic hydroxyl groups is 1. The van der Waals surface area contributed by atoms with Crippen molar-refractivity contribution in [2.45, 2.75) is 31.4 Å². The number of rotatable bonds is 5. The molecule has 3 aromatic rings. The molecule has 1 saturated heterocycles. The van der Waals surface area contributed by atoms with Gasteiger partial charge in [0.2, 0.25) is 0 Å². The van der Waals surface area contributed by atoms with Gasteiger partial charge in [0.15, 0.2) is 5.82 Å². The molecule has 2 aromatic heterocycles. The summed E-state index contributed by atoms with van der Waals surface area (Å²) in [5.74, 6) is 1.34. The first-order chi connectivity index (χ1) is 15.9. The number of phenols is 1. The number of halogens is 2. The van der Waals surface area contributed by atoms with Gasteiger partial charge in [0.05, 0.1) is 45.4 Å². The molecule has 1 aromatic carbocycles. The third-order valence-electron chi connectivity index (χ3n) is 6.48. The van der Waals surface area contributed by atoms with Crippen LogP contribution >= 0.6 is 23.2 Å². The molecular formula is C24H23Cl2N5O2. The summed E-state index contributed by atoms with van der Waals surface area (Å²) in [6.45, 7) is 7.31. The Labute approximate surface area is 202 Å². The molecule has 170 valence electrons. The van der Waals surface area contributed by atoms with Gasteiger partial charge in [0, 0.05) is 24.6 Å². The van der Waals surface area contributed by atoms with Crippen LogP contribution < -0.4 is 15.0 Å². The van der Waals surface area contributed by atoms with Crippen LogP contribution in [0.5, 0.6) is 11.5 Å². The Balaban J connectivity index is 1.47. The highest BCUT2D eigenvalue weighted by molar-refractivity contribution is 6.32. The first kappa shape index (κ1) is 21.8. The number of nitrogens with zero attached hydrogens (tertiary/aromatic N) is 4. The molecule has 9 heteroatoms. The van der Waals surface area contributed by atoms with Gasteiger partial charge in [0.25, 0.3) is 0 Å². The maximum Gasteiger partial charge on any atom is 0.172 e. The molecule has 1 fully saturated rings. The minimum absolute atomic E-state index is 0.00563. The van der Waals surface area contributed by atoms with E-state index < -0.39 is 0 Å². The second-order valence-electron chi connectivity index (χ2n) is 8.33. The zero-order valence-corrected chi connectivity index (χ0v) is 19.6. The molecule has 0 spiro atoms. The molecule has 2 N–H and O–H groups in total. The number of hydrogen-bond donors (Lipinski definition) is 2. The Morgan fingerprint density at radius 2 is 2.15 bits per heavy atom. The number of fused-ring (bicyclic) bond motifs is 3. The highest BCUT2D eigenvalue weighted by atomic mass is 35.5. The molecule has 0 unspecified atom stereocenters. The number of para-hydroxylation sites is 1. The number of aromatic nitrogens is 3. The molecule has 7 nitrogen and oxygen atoms in total. The highest BCUT2D eigenvalue weighted by Gasteiger charge is 2.48. The van der Waals surface area contributed by atoms with Crippen molar-refractivity contribution in [2.24, 2.45) is 0 Å². The quantitative estimate of drug-likeness (QED) is 0.500. The largest absolute Gasteiger partial charge is 0.506 e. The summed E-state index contributed by atoms with van der Waals surface area (Å²) in [4.78, 5) is 6.65. The van der Waals surface area contributed by atoms with E-state index in [4.69, 9.17) is 27.9 Å². The van der Waals surface area contributed by atoms with Crippen LogP contribution in [0.4, 0.5) is 11.5 Å². The normalized spacial score (nSPS) is 21.2. The van der Waals surface area contributed by atoms with Gasteiger partial charge in [-0.25, -0.2) is 0 Å². The van der Waals surface area contributed by atoms with E-state index in [1.165, 1.54) is 0 Å². The third-order valence-corrected chi connectivity index (χ3v) is 7.09. The molecular weight excluding hydrogens is 461 g/mol. The molecule has 0 amide bonds. The van der Waals surface area contributed by atoms with Crippen molar-refractivity contribution < 1.29 is 9.84 Å². The average Bonchev–Trinajstić information content (AvgIpc) is 3.20. The van der Waals surface area contributed by atoms with Crippen LogP contribution in [0.2, 0.25) is 10.0 Å². The standard InChI is InChI=1S/C24H23Cl2N5O2/c1-3-19-18(26)8-14(11-27-19)33-15-10-24(4-2)13-28-23-21(31(24)12-15)9-20(29-30-23)16-6-5-7-17(25)22(16)32/h3,5-9,11,15,32H,1,4,10,12-13H2,2H3,(H,28,30)/t15-,24+/m1/s1. The van der Waals surface area contributed by atoms with E-state index in [0.717, 1.165) is 25.1 Å². The van der Waals surface area contributed by atoms with Crippen molar-refractivity contribution in [3.8, 4) is 22.8 Å². The summed E-state index contributed by atoms with van der Waals surface area (Å²) < 4.78 is 6.30. The van der Waals surface area contributed by atoms with E-state index >= 15 is 0 Å². The topological polar surface area (TPSA) is 83.4 Å². The van der Waals surface area contributed by atoms with Crippen molar-refractivity contribution in [1.82, 2.24) is 15.2 Å². The molecule has 0 bridgehead atoms. The summed E-state index contributed by atoms with van der Waals surface area (Å²) in [7, 11) is 0. The van der Waals surface area contributed by atoms with Crippen molar-refractivity contribution in [3.63, 3.8) is 0 Å². The Kier molecular flexibility index (Phi) is 5.54. The number of nitrogens with one attached hydrogen (secondary N) is 1. The smallest absolute Gasteiger partial charge is 0.172 e. The minimum atomic E-state index is -0.132. The van der Waals surface area contributed by atoms with Crippen LogP contribution in [0.3, 0.4) is 0 Å². The number of anilines is 2. The van der Waals surface area contributed by atoms with E-state index in [1.807, 2.05) is 6.07 Å². The summed E-state index contributed by atoms with van der Waals surface area (Å²) in [5, 5.41) is 23.4. The van der Waals surface area contributed by atoms with Crippen LogP contribution in [0.1, 0.15) is 25.5 Å². The Hall–Kier alpha value is -3.03. The molecule has 4 heterocycles. The monoisotopic (exact) mass is 483 g/mol. The lowest BCUT2D eigenvalue weighted by Crippen LogP contribution is -2.52. The second-order valence-corrected chi connectivity index (χ2v) is 9.14. The van der Waals surface area contributed by atoms with E-state index in [-0.39, 0.29) is 22.4 Å². The fourth-order valence-corrected chi connectivity index (χ4v) is 5.12. The van der Waals surface area contributed by atoms with Gasteiger partial charge in [-0.15, -0.1) is 10.2 Å². The van der Waals surface area contributed by atoms with E-state index in [0.29, 0.717) is 40.1 Å². The van der Waals surface area contributed by atoms with Gasteiger partial charge < -0.3 is 20.1 Å². The van der Waals surface area contributed by atoms with Gasteiger partial charge in [-0.1, -0.05) is 42.8 Å². The lowest BCUT2D eigenvalue weighted by Gasteiger charge is -2.43. The van der Waals surface area contributed by atoms with Gasteiger partial charge >= 0.3 is 0 Å². The molecule has 0 saturated carbocycles. The number of phenolic OH excluding ortho intramolecular Hbond substituents is 1. The fraction of sp³-hybridized carbons (Fsp3) is 0.292. The third kappa shape index (κ3) is 3.75. The summed E-state index contributed by atoms with van der Waals surface area (Å²) in [5.41, 5.74) is 2.53. The number of hydrogen-bond acceptors (Lipinski definition) is 7. The molecule has 0 aliphatic carbocycles. The number of ether oxygens (including phenoxy) is 1. The lowest BCUT2D eigenvalue weighted by atomic mass is 9.90. The van der Waals surface area contributed by atoms with Crippen LogP contribution in [0.15, 0.2) is 43.1 Å². The van der Waals surface area contributed by atoms with Gasteiger partial charge in [-0.05, 0) is 30.7 Å². The Bertz CT molecular complexity index is 1240. The van der Waals surface area contributed by atoms with Crippen molar-refractivity contribution in [1.29, 1.82) is 0 Å². The average molecular weight is 484 g/mol. The van der Waals surface area contributed by atoms with Gasteiger partial charge in [0.1, 0.15) is 17.6 Å². The number of benzene rings is 1. The van der Waals surface area contributed by atoms with Crippen LogP contribution in [-0.2, 0) is 0 Å². The Morgan fingerprint density at radius 3 is 2.91 bits per heavy atom. The van der Waals surface area contributed by atoms with Crippen molar-refractivity contribution in [2.75, 3.05) is 23.3 Å². The van der Waals surface area contributed by atoms with Gasteiger partial charge in [-0.3, -0.25) is 4.98 Å². The maximum absolute atomic E-state index is 10.4. The summed E-state index contributed by atoms with van der Waals surface area (Å²) in [6.07, 6.45) is 5.00. The maximum atomic E-state index is 10.4. The van der Waals surface area contributed by atoms with E-state index in [2.05, 4.69) is 38.9 Å². The molecule has 2 aliphatic rings. The van der Waals surface area contributed by atoms with Crippen molar-refractivity contribution >= 4 is 40.8 Å². The molecule has 2 atom stereocenters. The second kappa shape index (κ2) is 8.39. The van der Waals surface area contributed by atoms with Crippen LogP contribution in [0, 0.1) is 0 Å². The lowest BCUT2D eigenvalue weighted by molar-refractivity contribution is 0.209. The summed E-state index contributed by atoms with van der Waals surface area (Å²) >= 11 is 12.4. The Morgan fingerprint density at radius 1 is 1.30 bits per heavy atom. The number of pyridine rings is 1. The van der Waals surface area contributed by atoms with Crippen LogP contribution in [-0.4, -0.2) is 45.0 Å². The van der Waals surface area contributed by atoms with E-state index in [1.54, 1.807) is 36.5 Å². The predicted octanol–water partition coefficient (Wildman–Crippen LogP) is 5.43. The minimum Gasteiger partial charge on any atom is -0.506 e. The van der Waals surface area contributed by atoms with Crippen LogP contribution in [0.25, 0.3) is 17.3 Å². The predicted molar refractivity (Wildman–Crippen MR) is 131 cm³/mol. The first-order valence-corrected chi connectivity index (χ1v) is 11.5.